The fourth-order valence-corrected chi connectivity index (χ4v) is 3.87. The minimum absolute atomic E-state index is 0.00735. The van der Waals surface area contributed by atoms with Gasteiger partial charge in [-0.1, -0.05) is 0 Å². The van der Waals surface area contributed by atoms with Crippen molar-refractivity contribution in [1.29, 1.82) is 0 Å². The smallest absolute Gasteiger partial charge is 0.381 e. The van der Waals surface area contributed by atoms with Crippen LogP contribution in [-0.2, 0) is 22.3 Å². The first-order valence-electron chi connectivity index (χ1n) is 9.00. The highest BCUT2D eigenvalue weighted by Gasteiger charge is 2.37. The van der Waals surface area contributed by atoms with Gasteiger partial charge in [-0.15, -0.1) is 0 Å². The fraction of sp³-hybridized carbons (Fsp3) is 0.667. The van der Waals surface area contributed by atoms with Gasteiger partial charge in [0.25, 0.3) is 0 Å². The summed E-state index contributed by atoms with van der Waals surface area (Å²) in [5, 5.41) is 2.42. The molecule has 0 saturated carbocycles. The quantitative estimate of drug-likeness (QED) is 0.884. The summed E-state index contributed by atoms with van der Waals surface area (Å²) in [4.78, 5) is 17.7. The maximum atomic E-state index is 13.5. The van der Waals surface area contributed by atoms with Gasteiger partial charge >= 0.3 is 6.18 Å². The van der Waals surface area contributed by atoms with E-state index in [2.05, 4.69) is 15.2 Å². The molecule has 2 saturated heterocycles. The number of carbonyl (C=O) groups excluding carboxylic acids is 1. The molecule has 3 rings (SSSR count). The van der Waals surface area contributed by atoms with E-state index in [0.29, 0.717) is 24.9 Å². The van der Waals surface area contributed by atoms with E-state index in [1.54, 1.807) is 0 Å². The molecule has 0 bridgehead atoms. The Bertz CT molecular complexity index is 645. The lowest BCUT2D eigenvalue weighted by atomic mass is 10.0. The molecule has 0 radical (unpaired) electrons. The summed E-state index contributed by atoms with van der Waals surface area (Å²) < 4.78 is 46.0. The molecule has 0 spiro atoms. The Balaban J connectivity index is 1.85. The molecule has 0 aromatic carbocycles. The van der Waals surface area contributed by atoms with Gasteiger partial charge in [0.05, 0.1) is 17.3 Å². The van der Waals surface area contributed by atoms with Gasteiger partial charge in [-0.3, -0.25) is 14.7 Å². The number of hydrogen-bond acceptors (Lipinski definition) is 4. The first-order valence-corrected chi connectivity index (χ1v) is 9.00. The van der Waals surface area contributed by atoms with Crippen molar-refractivity contribution in [3.63, 3.8) is 0 Å². The average Bonchev–Trinajstić information content (AvgIpc) is 3.09. The van der Waals surface area contributed by atoms with E-state index in [-0.39, 0.29) is 24.1 Å². The first-order chi connectivity index (χ1) is 12.4. The van der Waals surface area contributed by atoms with Gasteiger partial charge in [0, 0.05) is 44.5 Å². The van der Waals surface area contributed by atoms with Crippen LogP contribution in [0.4, 0.5) is 13.2 Å². The van der Waals surface area contributed by atoms with Crippen molar-refractivity contribution in [3.8, 4) is 0 Å². The van der Waals surface area contributed by atoms with Gasteiger partial charge in [0.2, 0.25) is 5.91 Å². The molecule has 1 amide bonds. The van der Waals surface area contributed by atoms with E-state index in [0.717, 1.165) is 32.2 Å². The van der Waals surface area contributed by atoms with Crippen molar-refractivity contribution in [2.24, 2.45) is 0 Å². The third-order valence-electron chi connectivity index (χ3n) is 5.14. The lowest BCUT2D eigenvalue weighted by Crippen LogP contribution is -2.39. The zero-order chi connectivity index (χ0) is 18.7. The van der Waals surface area contributed by atoms with Crippen molar-refractivity contribution < 1.29 is 22.7 Å². The van der Waals surface area contributed by atoms with Crippen molar-refractivity contribution in [2.45, 2.75) is 57.4 Å². The predicted octanol–water partition coefficient (Wildman–Crippen LogP) is 3.05. The molecule has 2 aliphatic rings. The molecule has 1 aromatic rings. The van der Waals surface area contributed by atoms with Crippen LogP contribution in [0.3, 0.4) is 0 Å². The highest BCUT2D eigenvalue weighted by molar-refractivity contribution is 5.72. The minimum atomic E-state index is -4.48. The van der Waals surface area contributed by atoms with E-state index < -0.39 is 11.7 Å². The van der Waals surface area contributed by atoms with Crippen molar-refractivity contribution in [1.82, 2.24) is 15.2 Å². The number of likely N-dealkylation sites (tertiary alicyclic amines) is 1. The number of rotatable bonds is 4. The fourth-order valence-electron chi connectivity index (χ4n) is 3.87. The van der Waals surface area contributed by atoms with Crippen LogP contribution in [0.1, 0.15) is 55.5 Å². The lowest BCUT2D eigenvalue weighted by molar-refractivity contribution is -0.138. The highest BCUT2D eigenvalue weighted by Crippen LogP contribution is 2.38. The largest absolute Gasteiger partial charge is 0.416 e. The maximum absolute atomic E-state index is 13.5. The number of pyridine rings is 1. The number of amides is 1. The number of hydrogen-bond donors (Lipinski definition) is 1. The van der Waals surface area contributed by atoms with Gasteiger partial charge in [-0.2, -0.15) is 13.2 Å². The third-order valence-corrected chi connectivity index (χ3v) is 5.14. The molecule has 2 fully saturated rings. The van der Waals surface area contributed by atoms with Crippen molar-refractivity contribution >= 4 is 5.91 Å². The van der Waals surface area contributed by atoms with Gasteiger partial charge < -0.3 is 10.1 Å². The highest BCUT2D eigenvalue weighted by atomic mass is 19.4. The molecule has 1 unspecified atom stereocenters. The number of nitrogens with zero attached hydrogens (tertiary/aromatic N) is 2. The van der Waals surface area contributed by atoms with Crippen LogP contribution in [0.15, 0.2) is 12.3 Å². The van der Waals surface area contributed by atoms with Crippen LogP contribution >= 0.6 is 0 Å². The van der Waals surface area contributed by atoms with Crippen LogP contribution in [-0.4, -0.2) is 41.6 Å². The Morgan fingerprint density at radius 1 is 1.35 bits per heavy atom. The molecular formula is C18H24F3N3O2. The SMILES string of the molecule is CC(=O)NCc1cnc(C2CCCN2C2CCOCC2)cc1C(F)(F)F. The molecule has 5 nitrogen and oxygen atoms in total. The summed E-state index contributed by atoms with van der Waals surface area (Å²) in [7, 11) is 0. The van der Waals surface area contributed by atoms with Crippen molar-refractivity contribution in [3.05, 3.63) is 29.1 Å². The summed E-state index contributed by atoms with van der Waals surface area (Å²) in [6.07, 6.45) is 0.361. The van der Waals surface area contributed by atoms with Gasteiger partial charge in [0.1, 0.15) is 0 Å². The molecule has 1 atom stereocenters. The molecule has 8 heteroatoms. The zero-order valence-corrected chi connectivity index (χ0v) is 14.8. The zero-order valence-electron chi connectivity index (χ0n) is 14.8. The van der Waals surface area contributed by atoms with Crippen molar-refractivity contribution in [2.75, 3.05) is 19.8 Å². The maximum Gasteiger partial charge on any atom is 0.416 e. The summed E-state index contributed by atoms with van der Waals surface area (Å²) in [6, 6.07) is 1.42. The molecule has 2 aliphatic heterocycles. The minimum Gasteiger partial charge on any atom is -0.381 e. The molecule has 1 aromatic heterocycles. The van der Waals surface area contributed by atoms with E-state index in [4.69, 9.17) is 4.74 Å². The normalized spacial score (nSPS) is 22.5. The van der Waals surface area contributed by atoms with E-state index in [1.165, 1.54) is 19.2 Å². The van der Waals surface area contributed by atoms with Crippen LogP contribution < -0.4 is 5.32 Å². The summed E-state index contributed by atoms with van der Waals surface area (Å²) in [5.74, 6) is -0.372. The van der Waals surface area contributed by atoms with Crippen LogP contribution in [0.25, 0.3) is 0 Å². The van der Waals surface area contributed by atoms with E-state index in [1.807, 2.05) is 0 Å². The molecule has 3 heterocycles. The topological polar surface area (TPSA) is 54.5 Å². The first kappa shape index (κ1) is 19.1. The molecule has 1 N–H and O–H groups in total. The molecule has 26 heavy (non-hydrogen) atoms. The summed E-state index contributed by atoms with van der Waals surface area (Å²) in [5.41, 5.74) is -0.255. The third kappa shape index (κ3) is 4.35. The molecule has 0 aliphatic carbocycles. The molecular weight excluding hydrogens is 347 g/mol. The number of nitrogens with one attached hydrogen (secondary N) is 1. The monoisotopic (exact) mass is 371 g/mol. The Labute approximate surface area is 150 Å². The van der Waals surface area contributed by atoms with Gasteiger partial charge in [-0.05, 0) is 38.3 Å². The number of ether oxygens (including phenoxy) is 1. The second-order valence-electron chi connectivity index (χ2n) is 6.91. The Morgan fingerprint density at radius 2 is 2.08 bits per heavy atom. The Morgan fingerprint density at radius 3 is 2.73 bits per heavy atom. The van der Waals surface area contributed by atoms with E-state index >= 15 is 0 Å². The summed E-state index contributed by atoms with van der Waals surface area (Å²) >= 11 is 0. The molecule has 144 valence electrons. The van der Waals surface area contributed by atoms with Gasteiger partial charge in [-0.25, -0.2) is 0 Å². The predicted molar refractivity (Wildman–Crippen MR) is 89.3 cm³/mol. The van der Waals surface area contributed by atoms with Gasteiger partial charge in [0.15, 0.2) is 0 Å². The average molecular weight is 371 g/mol. The van der Waals surface area contributed by atoms with Crippen LogP contribution in [0.2, 0.25) is 0 Å². The lowest BCUT2D eigenvalue weighted by Gasteiger charge is -2.35. The second kappa shape index (κ2) is 7.92. The van der Waals surface area contributed by atoms with E-state index in [9.17, 15) is 18.0 Å². The Hall–Kier alpha value is -1.67. The van der Waals surface area contributed by atoms with Crippen LogP contribution in [0.5, 0.6) is 0 Å². The number of alkyl halides is 3. The second-order valence-corrected chi connectivity index (χ2v) is 6.91. The standard InChI is InChI=1S/C18H24F3N3O2/c1-12(25)22-10-13-11-23-16(9-15(13)18(19,20)21)17-3-2-6-24(17)14-4-7-26-8-5-14/h9,11,14,17H,2-8,10H2,1H3,(H,22,25). The number of carbonyl (C=O) groups is 1. The van der Waals surface area contributed by atoms with Crippen LogP contribution in [0, 0.1) is 0 Å². The number of halogens is 3. The Kier molecular flexibility index (Phi) is 5.82. The summed E-state index contributed by atoms with van der Waals surface area (Å²) in [6.45, 7) is 3.38. The number of aromatic nitrogens is 1.